The van der Waals surface area contributed by atoms with Crippen molar-refractivity contribution in [3.63, 3.8) is 0 Å². The van der Waals surface area contributed by atoms with E-state index in [2.05, 4.69) is 5.32 Å². The summed E-state index contributed by atoms with van der Waals surface area (Å²) in [5, 5.41) is 12.8. The summed E-state index contributed by atoms with van der Waals surface area (Å²) < 4.78 is 0. The second-order valence-electron chi connectivity index (χ2n) is 4.47. The smallest absolute Gasteiger partial charge is 0.0664 e. The van der Waals surface area contributed by atoms with Gasteiger partial charge in [0.25, 0.3) is 0 Å². The van der Waals surface area contributed by atoms with Gasteiger partial charge in [-0.3, -0.25) is 0 Å². The summed E-state index contributed by atoms with van der Waals surface area (Å²) in [7, 11) is 0. The van der Waals surface area contributed by atoms with Crippen molar-refractivity contribution in [3.8, 4) is 0 Å². The fourth-order valence-corrected chi connectivity index (χ4v) is 2.97. The van der Waals surface area contributed by atoms with Gasteiger partial charge in [0.2, 0.25) is 0 Å². The van der Waals surface area contributed by atoms with Crippen LogP contribution in [0.3, 0.4) is 0 Å². The summed E-state index contributed by atoms with van der Waals surface area (Å²) in [6, 6.07) is 0. The standard InChI is InChI=1S/C8H13NO/c10-8-3-7(4-8,5-8)6-1-9-2-6/h6,9-10H,1-5H2. The molecule has 4 aliphatic rings. The van der Waals surface area contributed by atoms with Gasteiger partial charge in [0.1, 0.15) is 0 Å². The summed E-state index contributed by atoms with van der Waals surface area (Å²) in [6.45, 7) is 2.41. The molecule has 0 spiro atoms. The fraction of sp³-hybridized carbons (Fsp3) is 1.00. The summed E-state index contributed by atoms with van der Waals surface area (Å²) >= 11 is 0. The minimum absolute atomic E-state index is 0.185. The third-order valence-electron chi connectivity index (χ3n) is 3.69. The van der Waals surface area contributed by atoms with E-state index in [1.807, 2.05) is 0 Å². The molecule has 4 fully saturated rings. The molecule has 1 saturated heterocycles. The molecule has 3 aliphatic carbocycles. The minimum atomic E-state index is -0.185. The van der Waals surface area contributed by atoms with Crippen molar-refractivity contribution in [1.82, 2.24) is 5.32 Å². The summed E-state index contributed by atoms with van der Waals surface area (Å²) in [6.07, 6.45) is 3.31. The van der Waals surface area contributed by atoms with Crippen molar-refractivity contribution in [2.75, 3.05) is 13.1 Å². The van der Waals surface area contributed by atoms with Gasteiger partial charge in [0, 0.05) is 0 Å². The van der Waals surface area contributed by atoms with Gasteiger partial charge in [-0.2, -0.15) is 0 Å². The van der Waals surface area contributed by atoms with Crippen LogP contribution in [0.2, 0.25) is 0 Å². The van der Waals surface area contributed by atoms with Crippen molar-refractivity contribution in [3.05, 3.63) is 0 Å². The van der Waals surface area contributed by atoms with Crippen LogP contribution < -0.4 is 5.32 Å². The van der Waals surface area contributed by atoms with Crippen LogP contribution in [-0.2, 0) is 0 Å². The largest absolute Gasteiger partial charge is 0.390 e. The highest BCUT2D eigenvalue weighted by molar-refractivity contribution is 5.22. The zero-order valence-electron chi connectivity index (χ0n) is 6.06. The van der Waals surface area contributed by atoms with E-state index in [1.165, 1.54) is 13.1 Å². The maximum Gasteiger partial charge on any atom is 0.0664 e. The number of aliphatic hydroxyl groups is 1. The van der Waals surface area contributed by atoms with Crippen molar-refractivity contribution in [2.24, 2.45) is 11.3 Å². The molecule has 3 saturated carbocycles. The Morgan fingerprint density at radius 3 is 2.10 bits per heavy atom. The van der Waals surface area contributed by atoms with E-state index < -0.39 is 0 Å². The van der Waals surface area contributed by atoms with Crippen molar-refractivity contribution < 1.29 is 5.11 Å². The topological polar surface area (TPSA) is 32.3 Å². The lowest BCUT2D eigenvalue weighted by Crippen LogP contribution is -2.73. The molecular formula is C8H13NO. The number of hydrogen-bond acceptors (Lipinski definition) is 2. The normalized spacial score (nSPS) is 58.5. The van der Waals surface area contributed by atoms with E-state index in [0.29, 0.717) is 5.41 Å². The number of rotatable bonds is 1. The SMILES string of the molecule is OC12CC(C3CNC3)(C1)C2. The molecule has 2 bridgehead atoms. The Hall–Kier alpha value is -0.0800. The first-order valence-electron chi connectivity index (χ1n) is 4.16. The highest BCUT2D eigenvalue weighted by Crippen LogP contribution is 2.71. The second kappa shape index (κ2) is 1.28. The Kier molecular flexibility index (Phi) is 0.710. The van der Waals surface area contributed by atoms with Crippen LogP contribution in [0.15, 0.2) is 0 Å². The maximum absolute atomic E-state index is 9.49. The van der Waals surface area contributed by atoms with Gasteiger partial charge in [-0.25, -0.2) is 0 Å². The Bertz CT molecular complexity index is 166. The zero-order valence-corrected chi connectivity index (χ0v) is 6.06. The van der Waals surface area contributed by atoms with Crippen LogP contribution in [-0.4, -0.2) is 23.8 Å². The van der Waals surface area contributed by atoms with Crippen molar-refractivity contribution in [1.29, 1.82) is 0 Å². The molecule has 2 N–H and O–H groups in total. The molecule has 0 aromatic rings. The predicted octanol–water partition coefficient (Wildman–Crippen LogP) is 0.121. The second-order valence-corrected chi connectivity index (χ2v) is 4.47. The van der Waals surface area contributed by atoms with E-state index in [9.17, 15) is 5.11 Å². The van der Waals surface area contributed by atoms with Gasteiger partial charge in [0.05, 0.1) is 5.60 Å². The van der Waals surface area contributed by atoms with Gasteiger partial charge in [-0.15, -0.1) is 0 Å². The first kappa shape index (κ1) is 5.56. The molecule has 2 heteroatoms. The van der Waals surface area contributed by atoms with Crippen LogP contribution >= 0.6 is 0 Å². The first-order chi connectivity index (χ1) is 4.73. The van der Waals surface area contributed by atoms with Gasteiger partial charge in [0.15, 0.2) is 0 Å². The molecule has 0 atom stereocenters. The lowest BCUT2D eigenvalue weighted by molar-refractivity contribution is -0.288. The van der Waals surface area contributed by atoms with Gasteiger partial charge >= 0.3 is 0 Å². The highest BCUT2D eigenvalue weighted by Gasteiger charge is 2.70. The molecule has 2 nitrogen and oxygen atoms in total. The van der Waals surface area contributed by atoms with Crippen LogP contribution in [0.5, 0.6) is 0 Å². The Labute approximate surface area is 60.6 Å². The van der Waals surface area contributed by atoms with Crippen molar-refractivity contribution >= 4 is 0 Å². The predicted molar refractivity (Wildman–Crippen MR) is 37.6 cm³/mol. The Morgan fingerprint density at radius 1 is 1.20 bits per heavy atom. The minimum Gasteiger partial charge on any atom is -0.390 e. The maximum atomic E-state index is 9.49. The summed E-state index contributed by atoms with van der Waals surface area (Å²) in [4.78, 5) is 0. The molecule has 0 unspecified atom stereocenters. The molecule has 56 valence electrons. The fourth-order valence-electron chi connectivity index (χ4n) is 2.97. The molecule has 0 radical (unpaired) electrons. The third-order valence-corrected chi connectivity index (χ3v) is 3.69. The van der Waals surface area contributed by atoms with Crippen LogP contribution in [0.25, 0.3) is 0 Å². The van der Waals surface area contributed by atoms with Gasteiger partial charge in [-0.1, -0.05) is 0 Å². The van der Waals surface area contributed by atoms with E-state index >= 15 is 0 Å². The highest BCUT2D eigenvalue weighted by atomic mass is 16.3. The molecule has 0 amide bonds. The lowest BCUT2D eigenvalue weighted by atomic mass is 9.37. The van der Waals surface area contributed by atoms with E-state index in [1.54, 1.807) is 0 Å². The van der Waals surface area contributed by atoms with E-state index in [0.717, 1.165) is 25.2 Å². The van der Waals surface area contributed by atoms with Crippen LogP contribution in [0, 0.1) is 11.3 Å². The van der Waals surface area contributed by atoms with Gasteiger partial charge < -0.3 is 10.4 Å². The molecule has 0 aromatic carbocycles. The lowest BCUT2D eigenvalue weighted by Gasteiger charge is -2.72. The number of hydrogen-bond donors (Lipinski definition) is 2. The molecular weight excluding hydrogens is 126 g/mol. The number of nitrogens with one attached hydrogen (secondary N) is 1. The average molecular weight is 139 g/mol. The first-order valence-corrected chi connectivity index (χ1v) is 4.16. The van der Waals surface area contributed by atoms with Crippen molar-refractivity contribution in [2.45, 2.75) is 24.9 Å². The quantitative estimate of drug-likeness (QED) is 0.541. The molecule has 4 rings (SSSR count). The molecule has 0 aromatic heterocycles. The summed E-state index contributed by atoms with van der Waals surface area (Å²) in [5.74, 6) is 0.904. The van der Waals surface area contributed by atoms with E-state index in [4.69, 9.17) is 0 Å². The summed E-state index contributed by atoms with van der Waals surface area (Å²) in [5.41, 5.74) is 0.426. The van der Waals surface area contributed by atoms with E-state index in [-0.39, 0.29) is 5.60 Å². The molecule has 1 aliphatic heterocycles. The molecule has 10 heavy (non-hydrogen) atoms. The third kappa shape index (κ3) is 0.424. The monoisotopic (exact) mass is 139 g/mol. The Balaban J connectivity index is 1.74. The zero-order chi connectivity index (χ0) is 6.82. The van der Waals surface area contributed by atoms with Crippen LogP contribution in [0.1, 0.15) is 19.3 Å². The Morgan fingerprint density at radius 2 is 1.80 bits per heavy atom. The molecule has 1 heterocycles. The van der Waals surface area contributed by atoms with Crippen LogP contribution in [0.4, 0.5) is 0 Å². The van der Waals surface area contributed by atoms with Gasteiger partial charge in [-0.05, 0) is 43.7 Å². The average Bonchev–Trinajstić information content (AvgIpc) is 1.53.